The van der Waals surface area contributed by atoms with E-state index in [9.17, 15) is 4.79 Å². The van der Waals surface area contributed by atoms with Crippen molar-refractivity contribution in [2.24, 2.45) is 16.7 Å². The molecular formula is C29H34O2. The van der Waals surface area contributed by atoms with Gasteiger partial charge in [0.05, 0.1) is 12.4 Å². The van der Waals surface area contributed by atoms with E-state index in [1.54, 1.807) is 11.1 Å². The van der Waals surface area contributed by atoms with Gasteiger partial charge in [0.15, 0.2) is 0 Å². The minimum atomic E-state index is -0.172. The molecule has 162 valence electrons. The van der Waals surface area contributed by atoms with Crippen molar-refractivity contribution in [2.75, 3.05) is 6.61 Å². The van der Waals surface area contributed by atoms with Crippen LogP contribution in [0.5, 0.6) is 0 Å². The van der Waals surface area contributed by atoms with Gasteiger partial charge in [0.25, 0.3) is 0 Å². The van der Waals surface area contributed by atoms with Crippen LogP contribution in [-0.2, 0) is 22.4 Å². The van der Waals surface area contributed by atoms with Crippen molar-refractivity contribution in [3.8, 4) is 0 Å². The topological polar surface area (TPSA) is 26.3 Å². The molecule has 1 unspecified atom stereocenters. The molecule has 1 saturated carbocycles. The second-order valence-electron chi connectivity index (χ2n) is 10.7. The Kier molecular flexibility index (Phi) is 4.23. The summed E-state index contributed by atoms with van der Waals surface area (Å²) in [6, 6.07) is 7.20. The lowest BCUT2D eigenvalue weighted by atomic mass is 9.47. The zero-order valence-corrected chi connectivity index (χ0v) is 19.2. The first-order valence-electron chi connectivity index (χ1n) is 12.4. The second kappa shape index (κ2) is 6.70. The predicted octanol–water partition coefficient (Wildman–Crippen LogP) is 6.61. The zero-order chi connectivity index (χ0) is 21.4. The van der Waals surface area contributed by atoms with Crippen molar-refractivity contribution in [3.63, 3.8) is 0 Å². The van der Waals surface area contributed by atoms with E-state index >= 15 is 0 Å². The number of benzene rings is 1. The molecule has 5 aliphatic rings. The van der Waals surface area contributed by atoms with Crippen LogP contribution in [0.4, 0.5) is 0 Å². The average Bonchev–Trinajstić information content (AvgIpc) is 3.07. The third kappa shape index (κ3) is 2.54. The molecule has 0 N–H and O–H groups in total. The molecule has 0 bridgehead atoms. The molecule has 0 heterocycles. The Morgan fingerprint density at radius 2 is 2.06 bits per heavy atom. The van der Waals surface area contributed by atoms with Gasteiger partial charge in [0, 0.05) is 29.6 Å². The van der Waals surface area contributed by atoms with E-state index in [4.69, 9.17) is 4.74 Å². The van der Waals surface area contributed by atoms with E-state index in [1.165, 1.54) is 22.3 Å². The molecule has 0 radical (unpaired) electrons. The summed E-state index contributed by atoms with van der Waals surface area (Å²) in [6.45, 7) is 7.36. The Balaban J connectivity index is 1.58. The highest BCUT2D eigenvalue weighted by Gasteiger charge is 2.59. The highest BCUT2D eigenvalue weighted by Crippen LogP contribution is 2.67. The zero-order valence-electron chi connectivity index (χ0n) is 19.2. The largest absolute Gasteiger partial charge is 0.498 e. The third-order valence-corrected chi connectivity index (χ3v) is 9.35. The molecule has 6 rings (SSSR count). The molecule has 1 aromatic carbocycles. The molecule has 0 amide bonds. The maximum Gasteiger partial charge on any atom is 0.139 e. The first kappa shape index (κ1) is 19.6. The number of aryl methyl sites for hydroxylation is 1. The Hall–Kier alpha value is -2.09. The fourth-order valence-corrected chi connectivity index (χ4v) is 7.90. The summed E-state index contributed by atoms with van der Waals surface area (Å²) in [5, 5.41) is 0. The van der Waals surface area contributed by atoms with Gasteiger partial charge in [-0.05, 0) is 79.7 Å². The molecule has 5 aliphatic carbocycles. The van der Waals surface area contributed by atoms with E-state index in [-0.39, 0.29) is 10.8 Å². The number of ketones is 1. The first-order valence-corrected chi connectivity index (χ1v) is 12.4. The number of hydrogen-bond donors (Lipinski definition) is 0. The first-order chi connectivity index (χ1) is 15.0. The van der Waals surface area contributed by atoms with E-state index in [2.05, 4.69) is 51.1 Å². The van der Waals surface area contributed by atoms with Crippen molar-refractivity contribution < 1.29 is 9.53 Å². The summed E-state index contributed by atoms with van der Waals surface area (Å²) in [5.74, 6) is 2.52. The minimum Gasteiger partial charge on any atom is -0.498 e. The van der Waals surface area contributed by atoms with Crippen LogP contribution in [0.2, 0.25) is 0 Å². The van der Waals surface area contributed by atoms with Crippen molar-refractivity contribution in [2.45, 2.75) is 78.1 Å². The second-order valence-corrected chi connectivity index (χ2v) is 10.7. The highest BCUT2D eigenvalue weighted by atomic mass is 16.5. The van der Waals surface area contributed by atoms with Gasteiger partial charge < -0.3 is 4.74 Å². The number of carbonyl (C=O) groups is 1. The Morgan fingerprint density at radius 1 is 1.19 bits per heavy atom. The van der Waals surface area contributed by atoms with Gasteiger partial charge in [0.1, 0.15) is 5.78 Å². The average molecular weight is 415 g/mol. The molecular weight excluding hydrogens is 380 g/mol. The van der Waals surface area contributed by atoms with Gasteiger partial charge in [-0.25, -0.2) is 0 Å². The monoisotopic (exact) mass is 414 g/mol. The van der Waals surface area contributed by atoms with Crippen molar-refractivity contribution in [1.29, 1.82) is 0 Å². The molecule has 1 spiro atoms. The number of Topliss-reactive ketones (excluding diaryl/α,β-unsaturated/α-hetero) is 1. The van der Waals surface area contributed by atoms with Gasteiger partial charge >= 0.3 is 0 Å². The smallest absolute Gasteiger partial charge is 0.139 e. The molecule has 1 fully saturated rings. The Morgan fingerprint density at radius 3 is 2.87 bits per heavy atom. The summed E-state index contributed by atoms with van der Waals surface area (Å²) in [5.41, 5.74) is 9.25. The van der Waals surface area contributed by atoms with E-state index in [0.717, 1.165) is 63.7 Å². The molecule has 2 heteroatoms. The quantitative estimate of drug-likeness (QED) is 0.521. The van der Waals surface area contributed by atoms with Crippen LogP contribution >= 0.6 is 0 Å². The van der Waals surface area contributed by atoms with Gasteiger partial charge in [0.2, 0.25) is 0 Å². The number of fused-ring (bicyclic) bond motifs is 4. The molecule has 1 aromatic rings. The van der Waals surface area contributed by atoms with Crippen molar-refractivity contribution in [3.05, 3.63) is 69.5 Å². The van der Waals surface area contributed by atoms with Gasteiger partial charge in [-0.15, -0.1) is 0 Å². The van der Waals surface area contributed by atoms with Crippen molar-refractivity contribution in [1.82, 2.24) is 0 Å². The van der Waals surface area contributed by atoms with E-state index in [0.29, 0.717) is 17.6 Å². The SMILES string of the molecule is CCOC1=CC2=CCC3=C4C(C[C@]5(C)C(=O)CC[C@@H]35)c3ccc(CC)cc3C[C@]24CC1. The molecule has 0 aliphatic heterocycles. The molecule has 31 heavy (non-hydrogen) atoms. The summed E-state index contributed by atoms with van der Waals surface area (Å²) >= 11 is 0. The normalized spacial score (nSPS) is 35.5. The summed E-state index contributed by atoms with van der Waals surface area (Å²) < 4.78 is 5.97. The van der Waals surface area contributed by atoms with Crippen LogP contribution in [0.3, 0.4) is 0 Å². The number of rotatable bonds is 3. The highest BCUT2D eigenvalue weighted by molar-refractivity contribution is 5.88. The maximum atomic E-state index is 13.1. The molecule has 2 nitrogen and oxygen atoms in total. The lowest BCUT2D eigenvalue weighted by Gasteiger charge is -2.56. The lowest BCUT2D eigenvalue weighted by molar-refractivity contribution is -0.126. The summed E-state index contributed by atoms with van der Waals surface area (Å²) in [7, 11) is 0. The van der Waals surface area contributed by atoms with Gasteiger partial charge in [-0.2, -0.15) is 0 Å². The van der Waals surface area contributed by atoms with Crippen LogP contribution in [0, 0.1) is 16.7 Å². The van der Waals surface area contributed by atoms with Crippen LogP contribution in [-0.4, -0.2) is 12.4 Å². The van der Waals surface area contributed by atoms with Crippen molar-refractivity contribution >= 4 is 5.78 Å². The Labute approximate surface area is 186 Å². The number of allylic oxidation sites excluding steroid dienone is 6. The third-order valence-electron chi connectivity index (χ3n) is 9.35. The summed E-state index contributed by atoms with van der Waals surface area (Å²) in [4.78, 5) is 13.1. The van der Waals surface area contributed by atoms with Crippen LogP contribution < -0.4 is 0 Å². The van der Waals surface area contributed by atoms with Gasteiger partial charge in [-0.3, -0.25) is 4.79 Å². The molecule has 4 atom stereocenters. The fourth-order valence-electron chi connectivity index (χ4n) is 7.90. The Bertz CT molecular complexity index is 1070. The number of hydrogen-bond acceptors (Lipinski definition) is 2. The predicted molar refractivity (Wildman–Crippen MR) is 124 cm³/mol. The van der Waals surface area contributed by atoms with E-state index in [1.807, 2.05) is 0 Å². The minimum absolute atomic E-state index is 0.116. The standard InChI is InChI=1S/C29H34O2/c1-4-18-6-8-22-19(14-18)16-29-13-12-21(31-5-2)15-20(29)7-9-23-25-10-11-26(30)28(25,3)17-24(22)27(23)29/h6-8,14-15,24-25H,4-5,9-13,16-17H2,1-3H3/t24?,25-,28-,29+/m0/s1. The fraction of sp³-hybridized carbons (Fsp3) is 0.552. The number of carbonyl (C=O) groups excluding carboxylic acids is 1. The van der Waals surface area contributed by atoms with Crippen LogP contribution in [0.25, 0.3) is 0 Å². The number of ether oxygens (including phenoxy) is 1. The van der Waals surface area contributed by atoms with Crippen LogP contribution in [0.1, 0.15) is 81.9 Å². The van der Waals surface area contributed by atoms with Gasteiger partial charge in [-0.1, -0.05) is 49.3 Å². The van der Waals surface area contributed by atoms with E-state index < -0.39 is 0 Å². The lowest BCUT2D eigenvalue weighted by Crippen LogP contribution is -2.47. The molecule has 0 aromatic heterocycles. The van der Waals surface area contributed by atoms with Crippen LogP contribution in [0.15, 0.2) is 52.8 Å². The molecule has 0 saturated heterocycles. The maximum absolute atomic E-state index is 13.1. The summed E-state index contributed by atoms with van der Waals surface area (Å²) in [6.07, 6.45) is 13.1.